The van der Waals surface area contributed by atoms with Crippen molar-refractivity contribution in [3.8, 4) is 0 Å². The van der Waals surface area contributed by atoms with Crippen LogP contribution in [0.25, 0.3) is 0 Å². The van der Waals surface area contributed by atoms with Crippen LogP contribution in [0.15, 0.2) is 41.7 Å². The fourth-order valence-corrected chi connectivity index (χ4v) is 5.22. The second-order valence-corrected chi connectivity index (χ2v) is 8.21. The maximum atomic E-state index is 12.9. The zero-order valence-electron chi connectivity index (χ0n) is 16.1. The summed E-state index contributed by atoms with van der Waals surface area (Å²) in [5, 5.41) is 11.4. The van der Waals surface area contributed by atoms with Crippen LogP contribution < -0.4 is 0 Å². The van der Waals surface area contributed by atoms with Crippen LogP contribution in [-0.4, -0.2) is 16.7 Å². The second kappa shape index (κ2) is 7.21. The van der Waals surface area contributed by atoms with E-state index < -0.39 is 5.78 Å². The Morgan fingerprint density at radius 3 is 2.32 bits per heavy atom. The third-order valence-corrected chi connectivity index (χ3v) is 6.69. The quantitative estimate of drug-likeness (QED) is 0.545. The molecular formula is C24H23ClO3. The van der Waals surface area contributed by atoms with E-state index in [1.807, 2.05) is 13.0 Å². The van der Waals surface area contributed by atoms with Crippen molar-refractivity contribution in [2.24, 2.45) is 0 Å². The van der Waals surface area contributed by atoms with Gasteiger partial charge in [-0.3, -0.25) is 9.59 Å². The Kier molecular flexibility index (Phi) is 4.88. The van der Waals surface area contributed by atoms with Crippen LogP contribution in [0.1, 0.15) is 63.4 Å². The number of allylic oxidation sites excluding steroid dienone is 2. The summed E-state index contributed by atoms with van der Waals surface area (Å²) in [6, 6.07) is 8.62. The number of ketones is 2. The molecule has 4 rings (SSSR count). The number of hydrogen-bond acceptors (Lipinski definition) is 3. The number of fused-ring (bicyclic) bond motifs is 1. The first-order valence-corrected chi connectivity index (χ1v) is 10.1. The average Bonchev–Trinajstić information content (AvgIpc) is 3.17. The molecule has 1 N–H and O–H groups in total. The first-order chi connectivity index (χ1) is 13.4. The minimum absolute atomic E-state index is 0.0749. The molecule has 0 radical (unpaired) electrons. The van der Waals surface area contributed by atoms with Crippen molar-refractivity contribution >= 4 is 23.2 Å². The second-order valence-electron chi connectivity index (χ2n) is 7.83. The van der Waals surface area contributed by atoms with Gasteiger partial charge in [0.15, 0.2) is 11.6 Å². The van der Waals surface area contributed by atoms with Gasteiger partial charge >= 0.3 is 0 Å². The average molecular weight is 395 g/mol. The Balaban J connectivity index is 1.73. The van der Waals surface area contributed by atoms with Crippen LogP contribution in [0.5, 0.6) is 0 Å². The standard InChI is InChI=1S/C24H23ClO3/c1-13-17-9-6-10-18(17)14(2)23(25)21(13)16-11-19(26)22(20(27)12-16)24(28)15-7-4-3-5-8-15/h3-5,7-8,16,26H,6,9-12H2,1-2H3. The third-order valence-electron chi connectivity index (χ3n) is 6.20. The van der Waals surface area contributed by atoms with E-state index in [9.17, 15) is 14.7 Å². The van der Waals surface area contributed by atoms with Gasteiger partial charge in [0.25, 0.3) is 0 Å². The molecule has 2 aromatic rings. The van der Waals surface area contributed by atoms with Crippen LogP contribution in [0, 0.1) is 13.8 Å². The summed E-state index contributed by atoms with van der Waals surface area (Å²) in [7, 11) is 0. The summed E-state index contributed by atoms with van der Waals surface area (Å²) >= 11 is 6.73. The van der Waals surface area contributed by atoms with Gasteiger partial charge in [0, 0.05) is 23.4 Å². The van der Waals surface area contributed by atoms with Crippen molar-refractivity contribution < 1.29 is 14.7 Å². The summed E-state index contributed by atoms with van der Waals surface area (Å²) in [5.41, 5.74) is 6.23. The van der Waals surface area contributed by atoms with Gasteiger partial charge in [-0.1, -0.05) is 41.9 Å². The fraction of sp³-hybridized carbons (Fsp3) is 0.333. The third kappa shape index (κ3) is 2.98. The zero-order valence-corrected chi connectivity index (χ0v) is 16.9. The number of Topliss-reactive ketones (excluding diaryl/α,β-unsaturated/α-hetero) is 2. The molecule has 0 saturated carbocycles. The highest BCUT2D eigenvalue weighted by molar-refractivity contribution is 6.32. The number of aliphatic hydroxyl groups is 1. The minimum atomic E-state index is -0.408. The highest BCUT2D eigenvalue weighted by Gasteiger charge is 2.35. The smallest absolute Gasteiger partial charge is 0.199 e. The van der Waals surface area contributed by atoms with Gasteiger partial charge in [-0.05, 0) is 66.8 Å². The lowest BCUT2D eigenvalue weighted by molar-refractivity contribution is -0.116. The molecule has 0 heterocycles. The molecule has 2 aliphatic rings. The minimum Gasteiger partial charge on any atom is -0.511 e. The Morgan fingerprint density at radius 2 is 1.68 bits per heavy atom. The summed E-state index contributed by atoms with van der Waals surface area (Å²) in [5.74, 6) is -1.04. The lowest BCUT2D eigenvalue weighted by Gasteiger charge is -2.27. The molecular weight excluding hydrogens is 372 g/mol. The van der Waals surface area contributed by atoms with Crippen LogP contribution in [0.3, 0.4) is 0 Å². The molecule has 2 aliphatic carbocycles. The molecule has 0 spiro atoms. The highest BCUT2D eigenvalue weighted by Crippen LogP contribution is 2.44. The molecule has 4 heteroatoms. The molecule has 28 heavy (non-hydrogen) atoms. The van der Waals surface area contributed by atoms with E-state index in [-0.39, 0.29) is 35.9 Å². The van der Waals surface area contributed by atoms with Gasteiger partial charge in [-0.15, -0.1) is 0 Å². The zero-order chi connectivity index (χ0) is 20.0. The predicted molar refractivity (Wildman–Crippen MR) is 110 cm³/mol. The molecule has 0 aliphatic heterocycles. The first kappa shape index (κ1) is 18.9. The van der Waals surface area contributed by atoms with Gasteiger partial charge in [0.05, 0.1) is 0 Å². The van der Waals surface area contributed by atoms with Gasteiger partial charge in [-0.25, -0.2) is 0 Å². The van der Waals surface area contributed by atoms with Gasteiger partial charge in [0.1, 0.15) is 11.3 Å². The van der Waals surface area contributed by atoms with E-state index in [4.69, 9.17) is 11.6 Å². The predicted octanol–water partition coefficient (Wildman–Crippen LogP) is 5.59. The number of halogens is 1. The van der Waals surface area contributed by atoms with Crippen LogP contribution in [0.4, 0.5) is 0 Å². The Bertz CT molecular complexity index is 1020. The molecule has 144 valence electrons. The van der Waals surface area contributed by atoms with Crippen LogP contribution >= 0.6 is 11.6 Å². The Morgan fingerprint density at radius 1 is 1.04 bits per heavy atom. The van der Waals surface area contributed by atoms with E-state index in [1.54, 1.807) is 24.3 Å². The van der Waals surface area contributed by atoms with Crippen molar-refractivity contribution in [1.82, 2.24) is 0 Å². The molecule has 0 saturated heterocycles. The molecule has 3 nitrogen and oxygen atoms in total. The molecule has 0 amide bonds. The van der Waals surface area contributed by atoms with Gasteiger partial charge in [0.2, 0.25) is 0 Å². The van der Waals surface area contributed by atoms with Crippen molar-refractivity contribution in [3.63, 3.8) is 0 Å². The number of benzene rings is 2. The first-order valence-electron chi connectivity index (χ1n) is 9.75. The number of aliphatic hydroxyl groups excluding tert-OH is 1. The molecule has 1 unspecified atom stereocenters. The number of rotatable bonds is 3. The molecule has 1 atom stereocenters. The van der Waals surface area contributed by atoms with E-state index in [1.165, 1.54) is 11.1 Å². The summed E-state index contributed by atoms with van der Waals surface area (Å²) in [6.07, 6.45) is 3.66. The van der Waals surface area contributed by atoms with Crippen molar-refractivity contribution in [2.75, 3.05) is 0 Å². The molecule has 2 aromatic carbocycles. The molecule has 0 fully saturated rings. The number of carbonyl (C=O) groups is 2. The van der Waals surface area contributed by atoms with Crippen LogP contribution in [0.2, 0.25) is 5.02 Å². The maximum absolute atomic E-state index is 12.9. The van der Waals surface area contributed by atoms with Gasteiger partial charge < -0.3 is 5.11 Å². The SMILES string of the molecule is Cc1c(Cl)c(C2CC(=O)C(C(=O)c3ccccc3)=C(O)C2)c(C)c2c1CCC2. The van der Waals surface area contributed by atoms with Crippen molar-refractivity contribution in [1.29, 1.82) is 0 Å². The molecule has 0 bridgehead atoms. The Hall–Kier alpha value is -2.39. The summed E-state index contributed by atoms with van der Waals surface area (Å²) < 4.78 is 0. The van der Waals surface area contributed by atoms with E-state index in [2.05, 4.69) is 6.92 Å². The van der Waals surface area contributed by atoms with Crippen molar-refractivity contribution in [3.05, 3.63) is 80.1 Å². The fourth-order valence-electron chi connectivity index (χ4n) is 4.81. The van der Waals surface area contributed by atoms with E-state index in [0.29, 0.717) is 10.6 Å². The summed E-state index contributed by atoms with van der Waals surface area (Å²) in [4.78, 5) is 25.6. The lowest BCUT2D eigenvalue weighted by Crippen LogP contribution is -2.24. The Labute approximate surface area is 170 Å². The number of carbonyl (C=O) groups excluding carboxylic acids is 2. The molecule has 0 aromatic heterocycles. The van der Waals surface area contributed by atoms with Crippen molar-refractivity contribution in [2.45, 2.75) is 51.9 Å². The monoisotopic (exact) mass is 394 g/mol. The highest BCUT2D eigenvalue weighted by atomic mass is 35.5. The summed E-state index contributed by atoms with van der Waals surface area (Å²) in [6.45, 7) is 4.11. The topological polar surface area (TPSA) is 54.4 Å². The number of hydrogen-bond donors (Lipinski definition) is 1. The maximum Gasteiger partial charge on any atom is 0.199 e. The van der Waals surface area contributed by atoms with E-state index >= 15 is 0 Å². The lowest BCUT2D eigenvalue weighted by atomic mass is 9.77. The largest absolute Gasteiger partial charge is 0.511 e. The van der Waals surface area contributed by atoms with Crippen LogP contribution in [-0.2, 0) is 17.6 Å². The van der Waals surface area contributed by atoms with Gasteiger partial charge in [-0.2, -0.15) is 0 Å². The normalized spacial score (nSPS) is 19.1. The van der Waals surface area contributed by atoms with E-state index in [0.717, 1.165) is 36.0 Å².